The predicted octanol–water partition coefficient (Wildman–Crippen LogP) is 3.34. The topological polar surface area (TPSA) is 59.6 Å². The molecule has 0 saturated heterocycles. The molecule has 0 aliphatic carbocycles. The van der Waals surface area contributed by atoms with Gasteiger partial charge in [-0.2, -0.15) is 0 Å². The Morgan fingerprint density at radius 3 is 2.60 bits per heavy atom. The third kappa shape index (κ3) is 6.29. The van der Waals surface area contributed by atoms with Crippen molar-refractivity contribution in [2.45, 2.75) is 19.5 Å². The van der Waals surface area contributed by atoms with Gasteiger partial charge in [0, 0.05) is 18.7 Å². The van der Waals surface area contributed by atoms with Crippen molar-refractivity contribution in [1.82, 2.24) is 10.6 Å². The molecule has 2 rings (SSSR count). The zero-order valence-electron chi connectivity index (χ0n) is 13.8. The maximum Gasteiger partial charge on any atom is 0.315 e. The summed E-state index contributed by atoms with van der Waals surface area (Å²) < 4.78 is 34.5. The minimum Gasteiger partial charge on any atom is -0.496 e. The number of urea groups is 1. The van der Waals surface area contributed by atoms with E-state index < -0.39 is 13.0 Å². The van der Waals surface area contributed by atoms with Crippen LogP contribution in [-0.2, 0) is 13.1 Å². The van der Waals surface area contributed by atoms with Crippen molar-refractivity contribution in [1.29, 1.82) is 0 Å². The molecule has 0 aliphatic heterocycles. The van der Waals surface area contributed by atoms with Gasteiger partial charge in [-0.25, -0.2) is 13.6 Å². The minimum atomic E-state index is -2.53. The number of halogens is 2. The summed E-state index contributed by atoms with van der Waals surface area (Å²) in [6.45, 7) is -0.0761. The molecule has 0 radical (unpaired) electrons. The van der Waals surface area contributed by atoms with Gasteiger partial charge in [0.15, 0.2) is 0 Å². The lowest BCUT2D eigenvalue weighted by Crippen LogP contribution is -2.34. The first-order valence-electron chi connectivity index (χ1n) is 7.72. The number of para-hydroxylation sites is 1. The molecule has 25 heavy (non-hydrogen) atoms. The quantitative estimate of drug-likeness (QED) is 0.768. The summed E-state index contributed by atoms with van der Waals surface area (Å²) >= 11 is 0. The first kappa shape index (κ1) is 18.5. The maximum absolute atomic E-state index is 12.2. The monoisotopic (exact) mass is 350 g/mol. The van der Waals surface area contributed by atoms with Crippen molar-refractivity contribution < 1.29 is 23.0 Å². The highest BCUT2D eigenvalue weighted by molar-refractivity contribution is 5.73. The van der Waals surface area contributed by atoms with Crippen LogP contribution in [0.2, 0.25) is 0 Å². The second-order valence-corrected chi connectivity index (χ2v) is 5.20. The van der Waals surface area contributed by atoms with Crippen molar-refractivity contribution in [2.24, 2.45) is 0 Å². The van der Waals surface area contributed by atoms with Gasteiger partial charge in [-0.15, -0.1) is 0 Å². The van der Waals surface area contributed by atoms with Crippen molar-refractivity contribution in [3.8, 4) is 11.5 Å². The minimum absolute atomic E-state index is 0.254. The summed E-state index contributed by atoms with van der Waals surface area (Å²) in [7, 11) is 1.57. The second kappa shape index (κ2) is 9.46. The number of alkyl halides is 2. The van der Waals surface area contributed by atoms with Crippen LogP contribution in [0.1, 0.15) is 11.1 Å². The van der Waals surface area contributed by atoms with Gasteiger partial charge in [-0.05, 0) is 23.8 Å². The molecule has 2 aromatic rings. The lowest BCUT2D eigenvalue weighted by molar-refractivity contribution is 0.0818. The smallest absolute Gasteiger partial charge is 0.315 e. The van der Waals surface area contributed by atoms with Crippen molar-refractivity contribution in [3.63, 3.8) is 0 Å². The van der Waals surface area contributed by atoms with Crippen LogP contribution in [0.25, 0.3) is 0 Å². The fourth-order valence-corrected chi connectivity index (χ4v) is 2.17. The average Bonchev–Trinajstić information content (AvgIpc) is 2.63. The SMILES string of the molecule is COc1ccccc1CNC(=O)NCc1cccc(OCC(F)F)c1. The molecule has 0 unspecified atom stereocenters. The normalized spacial score (nSPS) is 10.4. The average molecular weight is 350 g/mol. The van der Waals surface area contributed by atoms with E-state index in [1.807, 2.05) is 24.3 Å². The summed E-state index contributed by atoms with van der Waals surface area (Å²) in [5, 5.41) is 5.44. The highest BCUT2D eigenvalue weighted by Gasteiger charge is 2.06. The molecule has 0 bridgehead atoms. The summed E-state index contributed by atoms with van der Waals surface area (Å²) in [5.74, 6) is 1.04. The molecule has 0 aromatic heterocycles. The number of methoxy groups -OCH3 is 1. The molecule has 5 nitrogen and oxygen atoms in total. The summed E-state index contributed by atoms with van der Waals surface area (Å²) in [4.78, 5) is 11.9. The molecule has 0 saturated carbocycles. The van der Waals surface area contributed by atoms with Crippen molar-refractivity contribution in [3.05, 3.63) is 59.7 Å². The van der Waals surface area contributed by atoms with E-state index >= 15 is 0 Å². The lowest BCUT2D eigenvalue weighted by atomic mass is 10.2. The Balaban J connectivity index is 1.80. The number of carbonyl (C=O) groups is 1. The van der Waals surface area contributed by atoms with Crippen LogP contribution in [0.4, 0.5) is 13.6 Å². The van der Waals surface area contributed by atoms with E-state index in [2.05, 4.69) is 10.6 Å². The number of hydrogen-bond acceptors (Lipinski definition) is 3. The molecule has 0 aliphatic rings. The largest absolute Gasteiger partial charge is 0.496 e. The predicted molar refractivity (Wildman–Crippen MR) is 90.0 cm³/mol. The number of benzene rings is 2. The third-order valence-corrected chi connectivity index (χ3v) is 3.36. The van der Waals surface area contributed by atoms with E-state index in [0.29, 0.717) is 18.0 Å². The van der Waals surface area contributed by atoms with E-state index in [1.165, 1.54) is 0 Å². The fraction of sp³-hybridized carbons (Fsp3) is 0.278. The van der Waals surface area contributed by atoms with Gasteiger partial charge in [0.2, 0.25) is 0 Å². The molecule has 2 N–H and O–H groups in total. The molecule has 2 amide bonds. The Labute approximate surface area is 144 Å². The van der Waals surface area contributed by atoms with Crippen LogP contribution in [0, 0.1) is 0 Å². The van der Waals surface area contributed by atoms with Gasteiger partial charge in [-0.1, -0.05) is 30.3 Å². The Morgan fingerprint density at radius 1 is 1.08 bits per heavy atom. The van der Waals surface area contributed by atoms with Gasteiger partial charge in [0.25, 0.3) is 6.43 Å². The zero-order valence-corrected chi connectivity index (χ0v) is 13.8. The Morgan fingerprint density at radius 2 is 1.84 bits per heavy atom. The Kier molecular flexibility index (Phi) is 7.00. The number of carbonyl (C=O) groups excluding carboxylic acids is 1. The molecular formula is C18H20F2N2O3. The van der Waals surface area contributed by atoms with E-state index in [9.17, 15) is 13.6 Å². The number of rotatable bonds is 8. The summed E-state index contributed by atoms with van der Waals surface area (Å²) in [5.41, 5.74) is 1.61. The Hall–Kier alpha value is -2.83. The molecule has 0 atom stereocenters. The van der Waals surface area contributed by atoms with E-state index in [-0.39, 0.29) is 12.6 Å². The van der Waals surface area contributed by atoms with Crippen LogP contribution >= 0.6 is 0 Å². The van der Waals surface area contributed by atoms with Gasteiger partial charge < -0.3 is 20.1 Å². The lowest BCUT2D eigenvalue weighted by Gasteiger charge is -2.11. The van der Waals surface area contributed by atoms with Gasteiger partial charge in [0.05, 0.1) is 7.11 Å². The molecule has 2 aromatic carbocycles. The van der Waals surface area contributed by atoms with Gasteiger partial charge in [0.1, 0.15) is 18.1 Å². The molecule has 134 valence electrons. The van der Waals surface area contributed by atoms with E-state index in [0.717, 1.165) is 11.1 Å². The zero-order chi connectivity index (χ0) is 18.1. The highest BCUT2D eigenvalue weighted by atomic mass is 19.3. The second-order valence-electron chi connectivity index (χ2n) is 5.20. The van der Waals surface area contributed by atoms with Gasteiger partial charge in [-0.3, -0.25) is 0 Å². The number of nitrogens with one attached hydrogen (secondary N) is 2. The summed E-state index contributed by atoms with van der Waals surface area (Å²) in [6, 6.07) is 13.7. The van der Waals surface area contributed by atoms with Crippen molar-refractivity contribution >= 4 is 6.03 Å². The van der Waals surface area contributed by atoms with Crippen molar-refractivity contribution in [2.75, 3.05) is 13.7 Å². The van der Waals surface area contributed by atoms with Gasteiger partial charge >= 0.3 is 6.03 Å². The van der Waals surface area contributed by atoms with E-state index in [4.69, 9.17) is 9.47 Å². The fourth-order valence-electron chi connectivity index (χ4n) is 2.17. The van der Waals surface area contributed by atoms with Crippen LogP contribution in [0.15, 0.2) is 48.5 Å². The van der Waals surface area contributed by atoms with Crippen LogP contribution < -0.4 is 20.1 Å². The first-order valence-corrected chi connectivity index (χ1v) is 7.72. The first-order chi connectivity index (χ1) is 12.1. The maximum atomic E-state index is 12.2. The van der Waals surface area contributed by atoms with Crippen LogP contribution in [0.3, 0.4) is 0 Å². The van der Waals surface area contributed by atoms with Crippen LogP contribution in [-0.4, -0.2) is 26.2 Å². The third-order valence-electron chi connectivity index (χ3n) is 3.36. The molecule has 0 spiro atoms. The standard InChI is InChI=1S/C18H20F2N2O3/c1-24-16-8-3-2-6-14(16)11-22-18(23)21-10-13-5-4-7-15(9-13)25-12-17(19)20/h2-9,17H,10-12H2,1H3,(H2,21,22,23). The number of hydrogen-bond donors (Lipinski definition) is 2. The molecule has 0 heterocycles. The molecule has 7 heteroatoms. The van der Waals surface area contributed by atoms with E-state index in [1.54, 1.807) is 31.4 Å². The Bertz CT molecular complexity index is 696. The number of amides is 2. The molecule has 0 fully saturated rings. The summed E-state index contributed by atoms with van der Waals surface area (Å²) in [6.07, 6.45) is -2.53. The molecular weight excluding hydrogens is 330 g/mol. The van der Waals surface area contributed by atoms with Crippen LogP contribution in [0.5, 0.6) is 11.5 Å². The number of ether oxygens (including phenoxy) is 2. The highest BCUT2D eigenvalue weighted by Crippen LogP contribution is 2.17.